The first-order chi connectivity index (χ1) is 8.69. The van der Waals surface area contributed by atoms with Gasteiger partial charge >= 0.3 is 8.25 Å². The minimum Gasteiger partial charge on any atom is -0.396 e. The molecule has 0 saturated heterocycles. The van der Waals surface area contributed by atoms with Gasteiger partial charge in [0, 0.05) is 23.1 Å². The summed E-state index contributed by atoms with van der Waals surface area (Å²) in [5.41, 5.74) is 0. The average molecular weight is 273 g/mol. The Bertz CT molecular complexity index is 407. The molecule has 0 amide bonds. The smallest absolute Gasteiger partial charge is 0.396 e. The molecule has 18 heavy (non-hydrogen) atoms. The van der Waals surface area contributed by atoms with Crippen molar-refractivity contribution < 1.29 is 19.1 Å². The molecule has 98 valence electrons. The summed E-state index contributed by atoms with van der Waals surface area (Å²) < 4.78 is 15.6. The summed E-state index contributed by atoms with van der Waals surface area (Å²) in [5.74, 6) is 0.288. The molecule has 0 aliphatic heterocycles. The van der Waals surface area contributed by atoms with Crippen LogP contribution in [-0.2, 0) is 9.09 Å². The van der Waals surface area contributed by atoms with Gasteiger partial charge in [-0.2, -0.15) is 0 Å². The van der Waals surface area contributed by atoms with Crippen LogP contribution in [0.5, 0.6) is 0 Å². The zero-order valence-electron chi connectivity index (χ0n) is 9.51. The van der Waals surface area contributed by atoms with Crippen molar-refractivity contribution in [1.29, 1.82) is 0 Å². The van der Waals surface area contributed by atoms with Crippen LogP contribution in [0.3, 0.4) is 0 Å². The third-order valence-corrected chi connectivity index (χ3v) is 3.37. The maximum absolute atomic E-state index is 10.7. The predicted octanol–water partition coefficient (Wildman–Crippen LogP) is 0.0893. The number of anilines is 1. The van der Waals surface area contributed by atoms with Crippen LogP contribution in [0.2, 0.25) is 0 Å². The van der Waals surface area contributed by atoms with Crippen molar-refractivity contribution in [3.8, 4) is 0 Å². The van der Waals surface area contributed by atoms with Crippen molar-refractivity contribution in [1.82, 2.24) is 15.0 Å². The summed E-state index contributed by atoms with van der Waals surface area (Å²) in [5, 5.41) is 12.3. The number of nitrogens with zero attached hydrogens (tertiary/aromatic N) is 3. The highest BCUT2D eigenvalue weighted by molar-refractivity contribution is 7.32. The fourth-order valence-corrected chi connectivity index (χ4v) is 2.63. The fraction of sp³-hybridized carbons (Fsp3) is 0.667. The van der Waals surface area contributed by atoms with Crippen molar-refractivity contribution in [2.24, 2.45) is 5.92 Å². The van der Waals surface area contributed by atoms with E-state index in [-0.39, 0.29) is 18.6 Å². The Morgan fingerprint density at radius 1 is 1.44 bits per heavy atom. The van der Waals surface area contributed by atoms with E-state index in [0.29, 0.717) is 18.8 Å². The molecule has 1 unspecified atom stereocenters. The van der Waals surface area contributed by atoms with Crippen LogP contribution in [0.15, 0.2) is 12.7 Å². The van der Waals surface area contributed by atoms with Crippen molar-refractivity contribution in [2.75, 3.05) is 11.9 Å². The van der Waals surface area contributed by atoms with Gasteiger partial charge in [0.2, 0.25) is 5.95 Å². The molecule has 0 bridgehead atoms. The molecule has 9 heteroatoms. The third kappa shape index (κ3) is 3.39. The van der Waals surface area contributed by atoms with Gasteiger partial charge in [-0.05, 0) is 12.8 Å². The van der Waals surface area contributed by atoms with Gasteiger partial charge in [0.15, 0.2) is 0 Å². The van der Waals surface area contributed by atoms with Gasteiger partial charge in [0.05, 0.1) is 0 Å². The SMILES string of the molecule is O=[P+](O)O[C@H]1C[C@H](Nc2ncncn2)C[C@@H]1CO. The minimum atomic E-state index is -2.65. The lowest BCUT2D eigenvalue weighted by Crippen LogP contribution is -2.19. The highest BCUT2D eigenvalue weighted by Crippen LogP contribution is 2.35. The normalized spacial score (nSPS) is 28.1. The standard InChI is InChI=1S/C9H13N4O4P/c14-3-6-1-7(2-8(6)17-18(15)16)13-9-11-4-10-5-12-9/h4-8,14H,1-3H2,(H-,10,11,12,13,15,16)/p+1/t6-,7-,8+/m1/s1. The summed E-state index contributed by atoms with van der Waals surface area (Å²) >= 11 is 0. The van der Waals surface area contributed by atoms with Crippen LogP contribution in [0, 0.1) is 5.92 Å². The number of hydrogen-bond donors (Lipinski definition) is 3. The van der Waals surface area contributed by atoms with E-state index in [1.807, 2.05) is 0 Å². The van der Waals surface area contributed by atoms with Crippen LogP contribution in [0.25, 0.3) is 0 Å². The molecule has 0 spiro atoms. The van der Waals surface area contributed by atoms with Gasteiger partial charge < -0.3 is 10.4 Å². The van der Waals surface area contributed by atoms with Gasteiger partial charge in [-0.25, -0.2) is 15.0 Å². The van der Waals surface area contributed by atoms with Crippen molar-refractivity contribution in [2.45, 2.75) is 25.0 Å². The first kappa shape index (κ1) is 13.2. The number of rotatable bonds is 5. The summed E-state index contributed by atoms with van der Waals surface area (Å²) in [6.07, 6.45) is 3.50. The lowest BCUT2D eigenvalue weighted by atomic mass is 10.1. The molecule has 3 N–H and O–H groups in total. The lowest BCUT2D eigenvalue weighted by molar-refractivity contribution is 0.106. The van der Waals surface area contributed by atoms with E-state index >= 15 is 0 Å². The monoisotopic (exact) mass is 273 g/mol. The number of hydrogen-bond acceptors (Lipinski definition) is 7. The van der Waals surface area contributed by atoms with Crippen molar-refractivity contribution in [3.05, 3.63) is 12.7 Å². The molecule has 1 saturated carbocycles. The molecule has 2 rings (SSSR count). The van der Waals surface area contributed by atoms with Crippen LogP contribution >= 0.6 is 8.25 Å². The first-order valence-electron chi connectivity index (χ1n) is 5.51. The van der Waals surface area contributed by atoms with E-state index < -0.39 is 14.4 Å². The Morgan fingerprint density at radius 3 is 2.78 bits per heavy atom. The van der Waals surface area contributed by atoms with Crippen LogP contribution in [0.4, 0.5) is 5.95 Å². The molecular weight excluding hydrogens is 259 g/mol. The second-order valence-corrected chi connectivity index (χ2v) is 4.79. The van der Waals surface area contributed by atoms with E-state index in [0.717, 1.165) is 0 Å². The van der Waals surface area contributed by atoms with E-state index in [1.54, 1.807) is 0 Å². The molecule has 1 aliphatic rings. The Balaban J connectivity index is 1.94. The van der Waals surface area contributed by atoms with Gasteiger partial charge in [-0.3, -0.25) is 0 Å². The topological polar surface area (TPSA) is 117 Å². The number of aromatic nitrogens is 3. The zero-order valence-corrected chi connectivity index (χ0v) is 10.4. The van der Waals surface area contributed by atoms with E-state index in [1.165, 1.54) is 12.7 Å². The van der Waals surface area contributed by atoms with Crippen LogP contribution in [-0.4, -0.2) is 43.7 Å². The van der Waals surface area contributed by atoms with E-state index in [9.17, 15) is 9.67 Å². The molecule has 0 aromatic carbocycles. The fourth-order valence-electron chi connectivity index (χ4n) is 2.14. The lowest BCUT2D eigenvalue weighted by Gasteiger charge is -2.10. The number of nitrogens with one attached hydrogen (secondary N) is 1. The molecule has 1 aromatic heterocycles. The summed E-state index contributed by atoms with van der Waals surface area (Å²) in [6, 6.07) is 0.00417. The maximum Gasteiger partial charge on any atom is 0.695 e. The molecular formula is C9H14N4O4P+. The summed E-state index contributed by atoms with van der Waals surface area (Å²) in [7, 11) is -2.65. The molecule has 1 aliphatic carbocycles. The quantitative estimate of drug-likeness (QED) is 0.646. The summed E-state index contributed by atoms with van der Waals surface area (Å²) in [6.45, 7) is -0.0801. The van der Waals surface area contributed by atoms with Crippen molar-refractivity contribution >= 4 is 14.2 Å². The molecule has 4 atom stereocenters. The molecule has 1 heterocycles. The minimum absolute atomic E-state index is 0.00417. The summed E-state index contributed by atoms with van der Waals surface area (Å²) in [4.78, 5) is 20.3. The highest BCUT2D eigenvalue weighted by atomic mass is 31.1. The van der Waals surface area contributed by atoms with Gasteiger partial charge in [-0.15, -0.1) is 9.42 Å². The van der Waals surface area contributed by atoms with Gasteiger partial charge in [0.25, 0.3) is 0 Å². The Labute approximate surface area is 104 Å². The Kier molecular flexibility index (Phi) is 4.48. The van der Waals surface area contributed by atoms with Gasteiger partial charge in [-0.1, -0.05) is 0 Å². The zero-order chi connectivity index (χ0) is 13.0. The molecule has 1 fully saturated rings. The second kappa shape index (κ2) is 6.10. The molecule has 1 aromatic rings. The second-order valence-electron chi connectivity index (χ2n) is 4.10. The third-order valence-electron chi connectivity index (χ3n) is 2.92. The maximum atomic E-state index is 10.7. The van der Waals surface area contributed by atoms with Gasteiger partial charge in [0.1, 0.15) is 18.8 Å². The predicted molar refractivity (Wildman–Crippen MR) is 61.7 cm³/mol. The highest BCUT2D eigenvalue weighted by Gasteiger charge is 2.40. The molecule has 8 nitrogen and oxygen atoms in total. The van der Waals surface area contributed by atoms with E-state index in [2.05, 4.69) is 20.3 Å². The number of aliphatic hydroxyl groups excluding tert-OH is 1. The first-order valence-corrected chi connectivity index (χ1v) is 6.64. The van der Waals surface area contributed by atoms with Crippen LogP contribution in [0.1, 0.15) is 12.8 Å². The molecule has 0 radical (unpaired) electrons. The average Bonchev–Trinajstić information content (AvgIpc) is 2.71. The van der Waals surface area contributed by atoms with Crippen LogP contribution < -0.4 is 5.32 Å². The van der Waals surface area contributed by atoms with E-state index in [4.69, 9.17) is 9.42 Å². The Morgan fingerprint density at radius 2 is 2.17 bits per heavy atom. The van der Waals surface area contributed by atoms with Crippen molar-refractivity contribution in [3.63, 3.8) is 0 Å². The largest absolute Gasteiger partial charge is 0.695 e. The number of aliphatic hydroxyl groups is 1. The Hall–Kier alpha value is -1.21.